The van der Waals surface area contributed by atoms with E-state index in [-0.39, 0.29) is 29.6 Å². The van der Waals surface area contributed by atoms with Crippen molar-refractivity contribution < 1.29 is 14.4 Å². The van der Waals surface area contributed by atoms with Gasteiger partial charge in [0.05, 0.1) is 16.1 Å². The van der Waals surface area contributed by atoms with Crippen LogP contribution < -0.4 is 10.6 Å². The van der Waals surface area contributed by atoms with E-state index in [4.69, 9.17) is 0 Å². The van der Waals surface area contributed by atoms with Crippen LogP contribution in [0.4, 0.5) is 0 Å². The number of hydrogen-bond acceptors (Lipinski definition) is 5. The van der Waals surface area contributed by atoms with Crippen molar-refractivity contribution in [1.29, 1.82) is 0 Å². The molecule has 0 spiro atoms. The first-order chi connectivity index (χ1) is 16.9. The van der Waals surface area contributed by atoms with Crippen LogP contribution in [0.2, 0.25) is 0 Å². The average Bonchev–Trinajstić information content (AvgIpc) is 3.40. The number of nitrogens with zero attached hydrogens (tertiary/aromatic N) is 2. The minimum Gasteiger partial charge on any atom is -0.350 e. The number of thiazole rings is 1. The van der Waals surface area contributed by atoms with Gasteiger partial charge in [0.15, 0.2) is 0 Å². The molecule has 3 rings (SSSR count). The highest BCUT2D eigenvalue weighted by atomic mass is 32.1. The van der Waals surface area contributed by atoms with Crippen LogP contribution in [-0.4, -0.2) is 46.2 Å². The average molecular weight is 513 g/mol. The fourth-order valence-electron chi connectivity index (χ4n) is 4.60. The first-order valence-corrected chi connectivity index (χ1v) is 13.6. The van der Waals surface area contributed by atoms with Gasteiger partial charge in [-0.3, -0.25) is 14.4 Å². The van der Waals surface area contributed by atoms with Crippen LogP contribution in [0.15, 0.2) is 29.8 Å². The monoisotopic (exact) mass is 512 g/mol. The predicted octanol–water partition coefficient (Wildman–Crippen LogP) is 4.55. The molecule has 2 N–H and O–H groups in total. The molecular formula is C28H40N4O3S. The van der Waals surface area contributed by atoms with Crippen LogP contribution in [-0.2, 0) is 20.9 Å². The Morgan fingerprint density at radius 2 is 1.83 bits per heavy atom. The third kappa shape index (κ3) is 6.93. The molecule has 7 nitrogen and oxygen atoms in total. The highest BCUT2D eigenvalue weighted by Gasteiger charge is 2.43. The van der Waals surface area contributed by atoms with Gasteiger partial charge in [0.2, 0.25) is 17.7 Å². The molecule has 1 aromatic carbocycles. The smallest absolute Gasteiger partial charge is 0.246 e. The van der Waals surface area contributed by atoms with Gasteiger partial charge in [-0.15, -0.1) is 11.3 Å². The van der Waals surface area contributed by atoms with Gasteiger partial charge in [-0.1, -0.05) is 65.8 Å². The Balaban J connectivity index is 1.67. The number of hydrogen-bond donors (Lipinski definition) is 2. The van der Waals surface area contributed by atoms with Crippen LogP contribution in [0, 0.1) is 24.2 Å². The first-order valence-electron chi connectivity index (χ1n) is 12.7. The van der Waals surface area contributed by atoms with Gasteiger partial charge in [-0.05, 0) is 41.7 Å². The molecule has 1 fully saturated rings. The standard InChI is InChI=1S/C28H40N4O3S/c1-17(2)12-23(33)31-25(28(5,6)7)27(35)32-15-18(3)13-22(32)26(34)29-14-20-8-10-21(11-9-20)24-19(4)30-16-36-24/h8-11,16-18,22,25H,12-15H2,1-7H3,(H,29,34)(H,31,33). The highest BCUT2D eigenvalue weighted by molar-refractivity contribution is 7.13. The van der Waals surface area contributed by atoms with Gasteiger partial charge in [0, 0.05) is 19.5 Å². The number of nitrogens with one attached hydrogen (secondary N) is 2. The topological polar surface area (TPSA) is 91.4 Å². The lowest BCUT2D eigenvalue weighted by molar-refractivity contribution is -0.144. The SMILES string of the molecule is Cc1ncsc1-c1ccc(CNC(=O)C2CC(C)CN2C(=O)C(NC(=O)CC(C)C)C(C)(C)C)cc1. The first kappa shape index (κ1) is 27.8. The molecule has 3 amide bonds. The summed E-state index contributed by atoms with van der Waals surface area (Å²) >= 11 is 1.61. The molecule has 1 aliphatic rings. The molecule has 8 heteroatoms. The van der Waals surface area contributed by atoms with Crippen molar-refractivity contribution in [3.05, 3.63) is 41.0 Å². The molecule has 196 valence electrons. The molecule has 3 atom stereocenters. The van der Waals surface area contributed by atoms with E-state index in [1.165, 1.54) is 0 Å². The van der Waals surface area contributed by atoms with E-state index in [0.717, 1.165) is 21.7 Å². The number of carbonyl (C=O) groups is 3. The predicted molar refractivity (Wildman–Crippen MR) is 144 cm³/mol. The van der Waals surface area contributed by atoms with Crippen molar-refractivity contribution in [3.63, 3.8) is 0 Å². The van der Waals surface area contributed by atoms with Crippen molar-refractivity contribution in [3.8, 4) is 10.4 Å². The largest absolute Gasteiger partial charge is 0.350 e. The molecule has 2 aromatic rings. The number of benzene rings is 1. The van der Waals surface area contributed by atoms with Crippen molar-refractivity contribution in [1.82, 2.24) is 20.5 Å². The number of amides is 3. The highest BCUT2D eigenvalue weighted by Crippen LogP contribution is 2.29. The molecule has 1 aliphatic heterocycles. The van der Waals surface area contributed by atoms with Crippen LogP contribution in [0.25, 0.3) is 10.4 Å². The van der Waals surface area contributed by atoms with E-state index in [9.17, 15) is 14.4 Å². The maximum absolute atomic E-state index is 13.7. The van der Waals surface area contributed by atoms with Gasteiger partial charge < -0.3 is 15.5 Å². The lowest BCUT2D eigenvalue weighted by atomic mass is 9.85. The molecular weight excluding hydrogens is 472 g/mol. The molecule has 36 heavy (non-hydrogen) atoms. The minimum absolute atomic E-state index is 0.136. The normalized spacial score (nSPS) is 18.8. The minimum atomic E-state index is -0.688. The zero-order valence-electron chi connectivity index (χ0n) is 22.6. The Morgan fingerprint density at radius 3 is 2.39 bits per heavy atom. The van der Waals surface area contributed by atoms with Gasteiger partial charge in [0.25, 0.3) is 0 Å². The fourth-order valence-corrected chi connectivity index (χ4v) is 5.41. The maximum Gasteiger partial charge on any atom is 0.246 e. The lowest BCUT2D eigenvalue weighted by Crippen LogP contribution is -2.57. The molecule has 3 unspecified atom stereocenters. The Morgan fingerprint density at radius 1 is 1.17 bits per heavy atom. The molecule has 0 saturated carbocycles. The van der Waals surface area contributed by atoms with E-state index in [2.05, 4.69) is 22.5 Å². The summed E-state index contributed by atoms with van der Waals surface area (Å²) in [5.41, 5.74) is 4.48. The summed E-state index contributed by atoms with van der Waals surface area (Å²) in [5, 5.41) is 5.98. The number of carbonyl (C=O) groups excluding carboxylic acids is 3. The Hall–Kier alpha value is -2.74. The van der Waals surface area contributed by atoms with Gasteiger partial charge in [0.1, 0.15) is 12.1 Å². The lowest BCUT2D eigenvalue weighted by Gasteiger charge is -2.35. The number of aryl methyl sites for hydroxylation is 1. The third-order valence-electron chi connectivity index (χ3n) is 6.54. The third-order valence-corrected chi connectivity index (χ3v) is 7.51. The van der Waals surface area contributed by atoms with Gasteiger partial charge in [-0.25, -0.2) is 4.98 Å². The van der Waals surface area contributed by atoms with E-state index in [1.807, 2.05) is 71.3 Å². The van der Waals surface area contributed by atoms with Crippen LogP contribution in [0.1, 0.15) is 65.6 Å². The number of aromatic nitrogens is 1. The molecule has 0 aliphatic carbocycles. The van der Waals surface area contributed by atoms with Crippen molar-refractivity contribution in [2.45, 2.75) is 79.9 Å². The van der Waals surface area contributed by atoms with Crippen molar-refractivity contribution in [2.24, 2.45) is 17.3 Å². The Labute approximate surface area is 219 Å². The van der Waals surface area contributed by atoms with E-state index < -0.39 is 17.5 Å². The molecule has 2 heterocycles. The number of rotatable bonds is 8. The second kappa shape index (κ2) is 11.5. The maximum atomic E-state index is 13.7. The van der Waals surface area contributed by atoms with Gasteiger partial charge >= 0.3 is 0 Å². The van der Waals surface area contributed by atoms with E-state index in [1.54, 1.807) is 16.2 Å². The summed E-state index contributed by atoms with van der Waals surface area (Å²) in [6.45, 7) is 14.7. The molecule has 0 bridgehead atoms. The van der Waals surface area contributed by atoms with E-state index in [0.29, 0.717) is 25.9 Å². The summed E-state index contributed by atoms with van der Waals surface area (Å²) in [4.78, 5) is 46.5. The van der Waals surface area contributed by atoms with Crippen LogP contribution in [0.3, 0.4) is 0 Å². The van der Waals surface area contributed by atoms with Crippen LogP contribution >= 0.6 is 11.3 Å². The quantitative estimate of drug-likeness (QED) is 0.543. The summed E-state index contributed by atoms with van der Waals surface area (Å²) < 4.78 is 0. The van der Waals surface area contributed by atoms with Crippen LogP contribution in [0.5, 0.6) is 0 Å². The second-order valence-electron chi connectivity index (χ2n) is 11.5. The molecule has 1 saturated heterocycles. The number of likely N-dealkylation sites (tertiary alicyclic amines) is 1. The molecule has 0 radical (unpaired) electrons. The zero-order valence-corrected chi connectivity index (χ0v) is 23.4. The van der Waals surface area contributed by atoms with Gasteiger partial charge in [-0.2, -0.15) is 0 Å². The van der Waals surface area contributed by atoms with E-state index >= 15 is 0 Å². The van der Waals surface area contributed by atoms with Crippen molar-refractivity contribution >= 4 is 29.1 Å². The summed E-state index contributed by atoms with van der Waals surface area (Å²) in [5.74, 6) is -0.0714. The van der Waals surface area contributed by atoms with Crippen molar-refractivity contribution in [2.75, 3.05) is 6.54 Å². The Bertz CT molecular complexity index is 1070. The fraction of sp³-hybridized carbons (Fsp3) is 0.571. The summed E-state index contributed by atoms with van der Waals surface area (Å²) in [6.07, 6.45) is 0.972. The summed E-state index contributed by atoms with van der Waals surface area (Å²) in [7, 11) is 0. The zero-order chi connectivity index (χ0) is 26.6. The summed E-state index contributed by atoms with van der Waals surface area (Å²) in [6, 6.07) is 6.88. The molecule has 1 aromatic heterocycles. The second-order valence-corrected chi connectivity index (χ2v) is 12.3. The Kier molecular flexibility index (Phi) is 8.93.